The van der Waals surface area contributed by atoms with Crippen molar-refractivity contribution in [1.82, 2.24) is 9.80 Å². The molecule has 35 heavy (non-hydrogen) atoms. The van der Waals surface area contributed by atoms with Crippen LogP contribution in [-0.2, 0) is 23.9 Å². The average molecular weight is 491 g/mol. The summed E-state index contributed by atoms with van der Waals surface area (Å²) in [6.45, 7) is 15.9. The van der Waals surface area contributed by atoms with Crippen LogP contribution >= 0.6 is 0 Å². The van der Waals surface area contributed by atoms with Gasteiger partial charge in [-0.25, -0.2) is 0 Å². The number of ether oxygens (including phenoxy) is 2. The van der Waals surface area contributed by atoms with Crippen LogP contribution in [0.3, 0.4) is 0 Å². The number of carbonyl (C=O) groups excluding carboxylic acids is 3. The zero-order valence-electron chi connectivity index (χ0n) is 21.7. The minimum Gasteiger partial charge on any atom is -0.461 e. The maximum absolute atomic E-state index is 14.2. The van der Waals surface area contributed by atoms with Crippen LogP contribution in [0, 0.1) is 17.8 Å². The zero-order chi connectivity index (χ0) is 26.0. The summed E-state index contributed by atoms with van der Waals surface area (Å²) in [6.07, 6.45) is 6.99. The van der Waals surface area contributed by atoms with E-state index in [1.807, 2.05) is 20.8 Å². The molecule has 8 heteroatoms. The Kier molecular flexibility index (Phi) is 8.48. The van der Waals surface area contributed by atoms with Crippen molar-refractivity contribution >= 4 is 17.8 Å². The van der Waals surface area contributed by atoms with Gasteiger partial charge in [-0.1, -0.05) is 52.3 Å². The number of hydrogen-bond acceptors (Lipinski definition) is 6. The van der Waals surface area contributed by atoms with Crippen LogP contribution in [0.1, 0.15) is 59.8 Å². The average Bonchev–Trinajstić information content (AvgIpc) is 3.34. The number of aliphatic hydroxyl groups excluding tert-OH is 1. The number of nitrogens with zero attached hydrogens (tertiary/aromatic N) is 2. The molecule has 3 aliphatic heterocycles. The van der Waals surface area contributed by atoms with Crippen LogP contribution in [0.2, 0.25) is 0 Å². The van der Waals surface area contributed by atoms with Gasteiger partial charge in [0.25, 0.3) is 0 Å². The van der Waals surface area contributed by atoms with E-state index < -0.39 is 41.1 Å². The largest absolute Gasteiger partial charge is 0.461 e. The Morgan fingerprint density at radius 2 is 2.03 bits per heavy atom. The molecular formula is C27H42N2O6. The molecule has 0 aromatic carbocycles. The lowest BCUT2D eigenvalue weighted by atomic mass is 9.62. The molecule has 0 saturated carbocycles. The Bertz CT molecular complexity index is 842. The van der Waals surface area contributed by atoms with Gasteiger partial charge in [0.2, 0.25) is 11.8 Å². The Hall–Kier alpha value is -2.19. The monoisotopic (exact) mass is 490 g/mol. The van der Waals surface area contributed by atoms with Gasteiger partial charge in [0, 0.05) is 13.1 Å². The third-order valence-corrected chi connectivity index (χ3v) is 8.35. The highest BCUT2D eigenvalue weighted by atomic mass is 16.6. The molecule has 196 valence electrons. The third-order valence-electron chi connectivity index (χ3n) is 8.35. The number of aliphatic hydroxyl groups is 1. The normalized spacial score (nSPS) is 34.0. The third kappa shape index (κ3) is 4.33. The van der Waals surface area contributed by atoms with Gasteiger partial charge in [0.1, 0.15) is 24.2 Å². The van der Waals surface area contributed by atoms with Crippen molar-refractivity contribution in [2.45, 2.75) is 83.1 Å². The van der Waals surface area contributed by atoms with Crippen LogP contribution in [0.15, 0.2) is 25.3 Å². The van der Waals surface area contributed by atoms with E-state index in [0.717, 1.165) is 19.3 Å². The van der Waals surface area contributed by atoms with Crippen molar-refractivity contribution < 1.29 is 29.0 Å². The van der Waals surface area contributed by atoms with Gasteiger partial charge in [0.15, 0.2) is 0 Å². The number of carbonyl (C=O) groups is 3. The first kappa shape index (κ1) is 27.4. The summed E-state index contributed by atoms with van der Waals surface area (Å²) in [6, 6.07) is -1.46. The van der Waals surface area contributed by atoms with Crippen LogP contribution in [0.5, 0.6) is 0 Å². The van der Waals surface area contributed by atoms with Crippen LogP contribution in [0.4, 0.5) is 0 Å². The van der Waals surface area contributed by atoms with E-state index in [9.17, 15) is 19.5 Å². The summed E-state index contributed by atoms with van der Waals surface area (Å²) in [5.41, 5.74) is -2.07. The number of fused-ring (bicyclic) bond motifs is 1. The second kappa shape index (κ2) is 10.8. The van der Waals surface area contributed by atoms with E-state index in [1.54, 1.807) is 11.0 Å². The maximum atomic E-state index is 14.2. The molecule has 3 fully saturated rings. The standard InChI is InChI=1S/C27H42N2O6/c1-7-11-12-14-28(13-8-2)24(32)22-27-16-18(5)26(6,35-27)21(25(33)34-15-9-3)20(27)23(31)29(22)19(10-4)17-30/h8-9,18-22,30H,2-3,7,10-17H2,1,4-6H3/t18?,19-,20-,21+,22?,26-,27?/m0/s1. The summed E-state index contributed by atoms with van der Waals surface area (Å²) in [5, 5.41) is 10.2. The second-order valence-corrected chi connectivity index (χ2v) is 10.4. The van der Waals surface area contributed by atoms with Gasteiger partial charge in [-0.05, 0) is 32.1 Å². The minimum atomic E-state index is -1.15. The predicted octanol–water partition coefficient (Wildman–Crippen LogP) is 2.70. The molecule has 3 saturated heterocycles. The molecule has 3 aliphatic rings. The number of hydrogen-bond donors (Lipinski definition) is 1. The molecule has 3 rings (SSSR count). The molecule has 0 aromatic rings. The molecule has 7 atom stereocenters. The van der Waals surface area contributed by atoms with E-state index in [0.29, 0.717) is 25.9 Å². The number of esters is 1. The lowest BCUT2D eigenvalue weighted by Gasteiger charge is -2.39. The van der Waals surface area contributed by atoms with Crippen molar-refractivity contribution in [3.63, 3.8) is 0 Å². The molecule has 3 unspecified atom stereocenters. The van der Waals surface area contributed by atoms with Crippen LogP contribution in [-0.4, -0.2) is 82.3 Å². The van der Waals surface area contributed by atoms with Gasteiger partial charge in [0.05, 0.1) is 24.2 Å². The van der Waals surface area contributed by atoms with Gasteiger partial charge >= 0.3 is 5.97 Å². The van der Waals surface area contributed by atoms with Crippen LogP contribution < -0.4 is 0 Å². The highest BCUT2D eigenvalue weighted by molar-refractivity contribution is 5.98. The van der Waals surface area contributed by atoms with E-state index in [1.165, 1.54) is 11.0 Å². The Morgan fingerprint density at radius 1 is 1.31 bits per heavy atom. The number of likely N-dealkylation sites (tertiary alicyclic amines) is 1. The lowest BCUT2D eigenvalue weighted by molar-refractivity contribution is -0.163. The molecule has 8 nitrogen and oxygen atoms in total. The number of rotatable bonds is 13. The summed E-state index contributed by atoms with van der Waals surface area (Å²) < 4.78 is 12.1. The van der Waals surface area contributed by atoms with E-state index in [-0.39, 0.29) is 30.9 Å². The second-order valence-electron chi connectivity index (χ2n) is 10.4. The molecule has 0 aromatic heterocycles. The summed E-state index contributed by atoms with van der Waals surface area (Å²) in [4.78, 5) is 44.8. The van der Waals surface area contributed by atoms with Gasteiger partial charge in [-0.2, -0.15) is 0 Å². The van der Waals surface area contributed by atoms with E-state index in [4.69, 9.17) is 9.47 Å². The smallest absolute Gasteiger partial charge is 0.313 e. The Morgan fingerprint density at radius 3 is 2.60 bits per heavy atom. The lowest BCUT2D eigenvalue weighted by Crippen LogP contribution is -2.59. The molecule has 3 heterocycles. The van der Waals surface area contributed by atoms with Gasteiger partial charge in [-0.15, -0.1) is 6.58 Å². The Balaban J connectivity index is 2.10. The topological polar surface area (TPSA) is 96.4 Å². The van der Waals surface area contributed by atoms with E-state index in [2.05, 4.69) is 20.1 Å². The first-order valence-corrected chi connectivity index (χ1v) is 13.0. The van der Waals surface area contributed by atoms with Crippen molar-refractivity contribution in [2.75, 3.05) is 26.3 Å². The summed E-state index contributed by atoms with van der Waals surface area (Å²) >= 11 is 0. The molecule has 2 bridgehead atoms. The molecule has 0 radical (unpaired) electrons. The van der Waals surface area contributed by atoms with Gasteiger partial charge < -0.3 is 24.4 Å². The highest BCUT2D eigenvalue weighted by Gasteiger charge is 2.80. The maximum Gasteiger partial charge on any atom is 0.313 e. The SMILES string of the molecule is C=CCOC(=O)[C@H]1[C@H]2C(=O)N([C@@H](CC)CO)C(C(=O)N(CC=C)CCCCC)C23CC(C)[C@]1(C)O3. The molecule has 2 amide bonds. The number of amides is 2. The molecule has 1 spiro atoms. The Labute approximate surface area is 209 Å². The quantitative estimate of drug-likeness (QED) is 0.242. The molecule has 1 N–H and O–H groups in total. The highest BCUT2D eigenvalue weighted by Crippen LogP contribution is 2.65. The fraction of sp³-hybridized carbons (Fsp3) is 0.741. The molecule has 0 aliphatic carbocycles. The van der Waals surface area contributed by atoms with Crippen LogP contribution in [0.25, 0.3) is 0 Å². The van der Waals surface area contributed by atoms with Crippen molar-refractivity contribution in [3.05, 3.63) is 25.3 Å². The zero-order valence-corrected chi connectivity index (χ0v) is 21.7. The number of unbranched alkanes of at least 4 members (excludes halogenated alkanes) is 2. The van der Waals surface area contributed by atoms with Crippen molar-refractivity contribution in [3.8, 4) is 0 Å². The van der Waals surface area contributed by atoms with Gasteiger partial charge in [-0.3, -0.25) is 14.4 Å². The first-order valence-electron chi connectivity index (χ1n) is 13.0. The van der Waals surface area contributed by atoms with E-state index >= 15 is 0 Å². The first-order chi connectivity index (χ1) is 16.7. The van der Waals surface area contributed by atoms with Crippen molar-refractivity contribution in [2.24, 2.45) is 17.8 Å². The fourth-order valence-corrected chi connectivity index (χ4v) is 6.53. The fourth-order valence-electron chi connectivity index (χ4n) is 6.53. The minimum absolute atomic E-state index is 0.0402. The molecular weight excluding hydrogens is 448 g/mol. The summed E-state index contributed by atoms with van der Waals surface area (Å²) in [5.74, 6) is -2.76. The van der Waals surface area contributed by atoms with Crippen molar-refractivity contribution in [1.29, 1.82) is 0 Å². The summed E-state index contributed by atoms with van der Waals surface area (Å²) in [7, 11) is 0. The predicted molar refractivity (Wildman–Crippen MR) is 132 cm³/mol.